The van der Waals surface area contributed by atoms with Crippen molar-refractivity contribution in [2.24, 2.45) is 0 Å². The van der Waals surface area contributed by atoms with Crippen molar-refractivity contribution in [3.63, 3.8) is 0 Å². The minimum absolute atomic E-state index is 0.206. The van der Waals surface area contributed by atoms with Crippen LogP contribution in [0.3, 0.4) is 0 Å². The van der Waals surface area contributed by atoms with E-state index in [-0.39, 0.29) is 11.6 Å². The molecule has 0 saturated carbocycles. The topological polar surface area (TPSA) is 54.5 Å². The van der Waals surface area contributed by atoms with Crippen LogP contribution in [-0.4, -0.2) is 49.6 Å². The second kappa shape index (κ2) is 7.96. The Kier molecular flexibility index (Phi) is 6.59. The summed E-state index contributed by atoms with van der Waals surface area (Å²) in [4.78, 5) is 18.0. The molecule has 1 aromatic rings. The normalized spacial score (nSPS) is 10.3. The molecule has 0 aliphatic rings. The van der Waals surface area contributed by atoms with E-state index in [0.29, 0.717) is 24.0 Å². The molecule has 0 aromatic carbocycles. The highest BCUT2D eigenvalue weighted by atomic mass is 35.5. The van der Waals surface area contributed by atoms with Crippen LogP contribution in [0.5, 0.6) is 0 Å². The van der Waals surface area contributed by atoms with Gasteiger partial charge in [0.15, 0.2) is 0 Å². The van der Waals surface area contributed by atoms with E-state index in [1.807, 2.05) is 0 Å². The Morgan fingerprint density at radius 3 is 2.89 bits per heavy atom. The van der Waals surface area contributed by atoms with Gasteiger partial charge in [-0.2, -0.15) is 0 Å². The van der Waals surface area contributed by atoms with E-state index in [1.54, 1.807) is 31.2 Å². The number of halogens is 1. The van der Waals surface area contributed by atoms with Crippen molar-refractivity contribution in [2.75, 3.05) is 39.2 Å². The Balaban J connectivity index is 2.82. The molecule has 1 heterocycles. The maximum atomic E-state index is 12.2. The van der Waals surface area contributed by atoms with E-state index in [0.717, 1.165) is 13.0 Å². The third-order valence-electron chi connectivity index (χ3n) is 2.58. The zero-order valence-corrected chi connectivity index (χ0v) is 12.3. The van der Waals surface area contributed by atoms with Crippen molar-refractivity contribution >= 4 is 23.3 Å². The average molecular weight is 286 g/mol. The Bertz CT molecular complexity index is 426. The van der Waals surface area contributed by atoms with Crippen LogP contribution in [0.25, 0.3) is 0 Å². The number of amides is 1. The number of pyridine rings is 1. The number of hydrogen-bond acceptors (Lipinski definition) is 4. The zero-order valence-electron chi connectivity index (χ0n) is 11.6. The SMILES string of the molecule is CCCNc1ccc(Cl)c(C(=O)N(C)CCOC)n1. The lowest BCUT2D eigenvalue weighted by atomic mass is 10.3. The molecule has 0 unspecified atom stereocenters. The summed E-state index contributed by atoms with van der Waals surface area (Å²) >= 11 is 6.03. The van der Waals surface area contributed by atoms with E-state index in [4.69, 9.17) is 16.3 Å². The van der Waals surface area contributed by atoms with Crippen LogP contribution in [0.4, 0.5) is 5.82 Å². The molecule has 0 atom stereocenters. The van der Waals surface area contributed by atoms with Gasteiger partial charge in [0, 0.05) is 27.2 Å². The number of carbonyl (C=O) groups excluding carboxylic acids is 1. The number of nitrogens with one attached hydrogen (secondary N) is 1. The third kappa shape index (κ3) is 4.69. The highest BCUT2D eigenvalue weighted by Gasteiger charge is 2.17. The van der Waals surface area contributed by atoms with E-state index in [1.165, 1.54) is 0 Å². The minimum Gasteiger partial charge on any atom is -0.383 e. The van der Waals surface area contributed by atoms with Crippen LogP contribution in [-0.2, 0) is 4.74 Å². The van der Waals surface area contributed by atoms with Crippen LogP contribution >= 0.6 is 11.6 Å². The maximum Gasteiger partial charge on any atom is 0.273 e. The second-order valence-corrected chi connectivity index (χ2v) is 4.58. The Hall–Kier alpha value is -1.33. The second-order valence-electron chi connectivity index (χ2n) is 4.17. The standard InChI is InChI=1S/C13H20ClN3O2/c1-4-7-15-11-6-5-10(14)12(16-11)13(18)17(2)8-9-19-3/h5-6H,4,7-9H2,1-3H3,(H,15,16). The molecule has 0 bridgehead atoms. The van der Waals surface area contributed by atoms with E-state index in [2.05, 4.69) is 17.2 Å². The minimum atomic E-state index is -0.206. The van der Waals surface area contributed by atoms with Crippen LogP contribution in [0.2, 0.25) is 5.02 Å². The van der Waals surface area contributed by atoms with Gasteiger partial charge >= 0.3 is 0 Å². The van der Waals surface area contributed by atoms with Crippen molar-refractivity contribution in [3.05, 3.63) is 22.8 Å². The lowest BCUT2D eigenvalue weighted by Gasteiger charge is -2.17. The Morgan fingerprint density at radius 1 is 1.53 bits per heavy atom. The number of hydrogen-bond donors (Lipinski definition) is 1. The lowest BCUT2D eigenvalue weighted by Crippen LogP contribution is -2.31. The molecule has 19 heavy (non-hydrogen) atoms. The monoisotopic (exact) mass is 285 g/mol. The first-order valence-electron chi connectivity index (χ1n) is 6.25. The summed E-state index contributed by atoms with van der Waals surface area (Å²) in [5, 5.41) is 3.49. The van der Waals surface area contributed by atoms with E-state index in [9.17, 15) is 4.79 Å². The molecule has 0 spiro atoms. The van der Waals surface area contributed by atoms with Crippen molar-refractivity contribution in [1.29, 1.82) is 0 Å². The number of rotatable bonds is 7. The number of methoxy groups -OCH3 is 1. The molecule has 106 valence electrons. The van der Waals surface area contributed by atoms with Crippen molar-refractivity contribution in [1.82, 2.24) is 9.88 Å². The van der Waals surface area contributed by atoms with Gasteiger partial charge in [-0.05, 0) is 18.6 Å². The van der Waals surface area contributed by atoms with Crippen molar-refractivity contribution in [3.8, 4) is 0 Å². The fourth-order valence-electron chi connectivity index (χ4n) is 1.45. The van der Waals surface area contributed by atoms with Crippen LogP contribution < -0.4 is 5.32 Å². The number of nitrogens with zero attached hydrogens (tertiary/aromatic N) is 2. The predicted octanol–water partition coefficient (Wildman–Crippen LogP) is 2.28. The first-order chi connectivity index (χ1) is 9.10. The van der Waals surface area contributed by atoms with Crippen LogP contribution in [0, 0.1) is 0 Å². The van der Waals surface area contributed by atoms with E-state index < -0.39 is 0 Å². The van der Waals surface area contributed by atoms with Crippen molar-refractivity contribution in [2.45, 2.75) is 13.3 Å². The number of likely N-dealkylation sites (N-methyl/N-ethyl adjacent to an activating group) is 1. The Morgan fingerprint density at radius 2 is 2.26 bits per heavy atom. The molecule has 0 saturated heterocycles. The van der Waals surface area contributed by atoms with Crippen molar-refractivity contribution < 1.29 is 9.53 Å². The molecule has 0 radical (unpaired) electrons. The molecule has 5 nitrogen and oxygen atoms in total. The smallest absolute Gasteiger partial charge is 0.273 e. The van der Waals surface area contributed by atoms with E-state index >= 15 is 0 Å². The number of aromatic nitrogens is 1. The summed E-state index contributed by atoms with van der Waals surface area (Å²) in [6.07, 6.45) is 0.987. The number of ether oxygens (including phenoxy) is 1. The maximum absolute atomic E-state index is 12.2. The first-order valence-corrected chi connectivity index (χ1v) is 6.62. The molecule has 0 fully saturated rings. The van der Waals surface area contributed by atoms with Gasteiger partial charge < -0.3 is 15.0 Å². The molecule has 1 rings (SSSR count). The highest BCUT2D eigenvalue weighted by Crippen LogP contribution is 2.18. The largest absolute Gasteiger partial charge is 0.383 e. The third-order valence-corrected chi connectivity index (χ3v) is 2.89. The van der Waals surface area contributed by atoms with Gasteiger partial charge in [0.05, 0.1) is 11.6 Å². The molecule has 0 aliphatic carbocycles. The zero-order chi connectivity index (χ0) is 14.3. The van der Waals surface area contributed by atoms with Gasteiger partial charge in [-0.1, -0.05) is 18.5 Å². The number of anilines is 1. The average Bonchev–Trinajstić information content (AvgIpc) is 2.43. The molecular weight excluding hydrogens is 266 g/mol. The van der Waals surface area contributed by atoms with Crippen LogP contribution in [0.15, 0.2) is 12.1 Å². The quantitative estimate of drug-likeness (QED) is 0.835. The summed E-state index contributed by atoms with van der Waals surface area (Å²) < 4.78 is 4.95. The van der Waals surface area contributed by atoms with Gasteiger partial charge in [-0.25, -0.2) is 4.98 Å². The fraction of sp³-hybridized carbons (Fsp3) is 0.538. The first kappa shape index (κ1) is 15.7. The van der Waals surface area contributed by atoms with Gasteiger partial charge in [0.1, 0.15) is 11.5 Å². The molecular formula is C13H20ClN3O2. The molecule has 1 aromatic heterocycles. The lowest BCUT2D eigenvalue weighted by molar-refractivity contribution is 0.0739. The van der Waals surface area contributed by atoms with Gasteiger partial charge in [-0.15, -0.1) is 0 Å². The summed E-state index contributed by atoms with van der Waals surface area (Å²) in [7, 11) is 3.30. The summed E-state index contributed by atoms with van der Waals surface area (Å²) in [6, 6.07) is 3.45. The predicted molar refractivity (Wildman–Crippen MR) is 76.9 cm³/mol. The molecule has 1 N–H and O–H groups in total. The highest BCUT2D eigenvalue weighted by molar-refractivity contribution is 6.33. The Labute approximate surface area is 118 Å². The number of carbonyl (C=O) groups is 1. The van der Waals surface area contributed by atoms with Gasteiger partial charge in [-0.3, -0.25) is 4.79 Å². The molecule has 1 amide bonds. The van der Waals surface area contributed by atoms with Crippen LogP contribution in [0.1, 0.15) is 23.8 Å². The molecule has 6 heteroatoms. The van der Waals surface area contributed by atoms with Gasteiger partial charge in [0.25, 0.3) is 5.91 Å². The summed E-state index contributed by atoms with van der Waals surface area (Å²) in [6.45, 7) is 3.85. The summed E-state index contributed by atoms with van der Waals surface area (Å²) in [5.74, 6) is 0.455. The summed E-state index contributed by atoms with van der Waals surface area (Å²) in [5.41, 5.74) is 0.265. The van der Waals surface area contributed by atoms with Gasteiger partial charge in [0.2, 0.25) is 0 Å². The fourth-order valence-corrected chi connectivity index (χ4v) is 1.64. The molecule has 0 aliphatic heterocycles.